The van der Waals surface area contributed by atoms with E-state index in [-0.39, 0.29) is 11.7 Å². The van der Waals surface area contributed by atoms with Gasteiger partial charge in [0.05, 0.1) is 19.8 Å². The van der Waals surface area contributed by atoms with Crippen LogP contribution in [0.15, 0.2) is 54.6 Å². The SMILES string of the molecule is COC(=O)C(=O)[C@@H]1[C@H](C(=O)c2ccccc2OC)[C@H]1c1ccccc1. The molecule has 0 amide bonds. The average molecular weight is 338 g/mol. The van der Waals surface area contributed by atoms with Gasteiger partial charge in [-0.15, -0.1) is 0 Å². The van der Waals surface area contributed by atoms with Crippen molar-refractivity contribution in [1.82, 2.24) is 0 Å². The van der Waals surface area contributed by atoms with Gasteiger partial charge < -0.3 is 9.47 Å². The zero-order valence-corrected chi connectivity index (χ0v) is 14.0. The Hall–Kier alpha value is -2.95. The lowest BCUT2D eigenvalue weighted by atomic mass is 10.0. The van der Waals surface area contributed by atoms with Gasteiger partial charge in [-0.05, 0) is 17.7 Å². The van der Waals surface area contributed by atoms with E-state index in [4.69, 9.17) is 4.74 Å². The second-order valence-corrected chi connectivity index (χ2v) is 5.91. The van der Waals surface area contributed by atoms with Crippen molar-refractivity contribution < 1.29 is 23.9 Å². The van der Waals surface area contributed by atoms with Crippen molar-refractivity contribution in [1.29, 1.82) is 0 Å². The normalized spacial score (nSPS) is 21.3. The molecular weight excluding hydrogens is 320 g/mol. The molecule has 128 valence electrons. The lowest BCUT2D eigenvalue weighted by Gasteiger charge is -2.07. The molecule has 0 radical (unpaired) electrons. The molecule has 1 aliphatic carbocycles. The Bertz CT molecular complexity index is 812. The molecule has 5 heteroatoms. The van der Waals surface area contributed by atoms with Crippen LogP contribution in [-0.4, -0.2) is 31.8 Å². The van der Waals surface area contributed by atoms with Crippen LogP contribution in [0.4, 0.5) is 0 Å². The molecule has 25 heavy (non-hydrogen) atoms. The number of ketones is 2. The van der Waals surface area contributed by atoms with Crippen molar-refractivity contribution in [2.45, 2.75) is 5.92 Å². The first kappa shape index (κ1) is 16.9. The van der Waals surface area contributed by atoms with Crippen molar-refractivity contribution in [2.24, 2.45) is 11.8 Å². The molecule has 1 fully saturated rings. The van der Waals surface area contributed by atoms with E-state index in [0.717, 1.165) is 12.7 Å². The Morgan fingerprint density at radius 2 is 1.48 bits per heavy atom. The first-order valence-corrected chi connectivity index (χ1v) is 7.94. The van der Waals surface area contributed by atoms with Gasteiger partial charge in [-0.1, -0.05) is 42.5 Å². The number of carbonyl (C=O) groups excluding carboxylic acids is 3. The van der Waals surface area contributed by atoms with E-state index in [9.17, 15) is 14.4 Å². The summed E-state index contributed by atoms with van der Waals surface area (Å²) in [4.78, 5) is 37.1. The first-order valence-electron chi connectivity index (χ1n) is 7.94. The third-order valence-corrected chi connectivity index (χ3v) is 4.57. The predicted molar refractivity (Wildman–Crippen MR) is 90.5 cm³/mol. The Morgan fingerprint density at radius 1 is 0.840 bits per heavy atom. The van der Waals surface area contributed by atoms with Crippen LogP contribution in [0.3, 0.4) is 0 Å². The van der Waals surface area contributed by atoms with Crippen LogP contribution in [-0.2, 0) is 14.3 Å². The highest BCUT2D eigenvalue weighted by atomic mass is 16.5. The van der Waals surface area contributed by atoms with Crippen molar-refractivity contribution in [3.8, 4) is 5.75 Å². The zero-order valence-electron chi connectivity index (χ0n) is 14.0. The third-order valence-electron chi connectivity index (χ3n) is 4.57. The molecule has 0 N–H and O–H groups in total. The van der Waals surface area contributed by atoms with Gasteiger partial charge in [0, 0.05) is 17.8 Å². The number of benzene rings is 2. The molecule has 3 rings (SSSR count). The number of carbonyl (C=O) groups is 3. The van der Waals surface area contributed by atoms with Crippen LogP contribution >= 0.6 is 0 Å². The molecule has 5 nitrogen and oxygen atoms in total. The van der Waals surface area contributed by atoms with Gasteiger partial charge in [0.15, 0.2) is 5.78 Å². The highest BCUT2D eigenvalue weighted by molar-refractivity contribution is 6.36. The number of Topliss-reactive ketones (excluding diaryl/α,β-unsaturated/α-hetero) is 2. The fraction of sp³-hybridized carbons (Fsp3) is 0.250. The first-order chi connectivity index (χ1) is 12.1. The molecule has 1 saturated carbocycles. The molecule has 2 aromatic rings. The minimum atomic E-state index is -0.916. The second kappa shape index (κ2) is 6.89. The summed E-state index contributed by atoms with van der Waals surface area (Å²) in [5.41, 5.74) is 1.27. The number of ether oxygens (including phenoxy) is 2. The number of methoxy groups -OCH3 is 2. The number of esters is 1. The monoisotopic (exact) mass is 338 g/mol. The fourth-order valence-corrected chi connectivity index (χ4v) is 3.32. The average Bonchev–Trinajstić information content (AvgIpc) is 3.42. The molecule has 0 bridgehead atoms. The molecule has 0 heterocycles. The van der Waals surface area contributed by atoms with Crippen molar-refractivity contribution in [3.63, 3.8) is 0 Å². The minimum absolute atomic E-state index is 0.200. The largest absolute Gasteiger partial charge is 0.496 e. The summed E-state index contributed by atoms with van der Waals surface area (Å²) in [5, 5.41) is 0. The summed E-state index contributed by atoms with van der Waals surface area (Å²) in [5.74, 6) is -2.95. The molecule has 0 aliphatic heterocycles. The standard InChI is InChI=1S/C20H18O5/c1-24-14-11-7-6-10-13(14)18(21)16-15(12-8-4-3-5-9-12)17(16)19(22)20(23)25-2/h3-11,15-17H,1-2H3/t15-,16-,17+/m1/s1. The van der Waals surface area contributed by atoms with E-state index in [1.54, 1.807) is 24.3 Å². The summed E-state index contributed by atoms with van der Waals surface area (Å²) in [6, 6.07) is 16.2. The van der Waals surface area contributed by atoms with Crippen LogP contribution in [0.5, 0.6) is 5.75 Å². The Kier molecular flexibility index (Phi) is 4.65. The maximum absolute atomic E-state index is 13.0. The number of para-hydroxylation sites is 1. The van der Waals surface area contributed by atoms with Crippen LogP contribution in [0.1, 0.15) is 21.8 Å². The fourth-order valence-electron chi connectivity index (χ4n) is 3.32. The van der Waals surface area contributed by atoms with Gasteiger partial charge in [0.2, 0.25) is 5.78 Å². The van der Waals surface area contributed by atoms with Crippen molar-refractivity contribution >= 4 is 17.5 Å². The second-order valence-electron chi connectivity index (χ2n) is 5.91. The molecular formula is C20H18O5. The van der Waals surface area contributed by atoms with E-state index in [1.165, 1.54) is 7.11 Å². The highest BCUT2D eigenvalue weighted by Crippen LogP contribution is 2.56. The summed E-state index contributed by atoms with van der Waals surface area (Å²) in [7, 11) is 2.65. The quantitative estimate of drug-likeness (QED) is 0.460. The maximum atomic E-state index is 13.0. The van der Waals surface area contributed by atoms with Crippen molar-refractivity contribution in [3.05, 3.63) is 65.7 Å². The van der Waals surface area contributed by atoms with Crippen LogP contribution in [0, 0.1) is 11.8 Å². The maximum Gasteiger partial charge on any atom is 0.374 e. The molecule has 1 aliphatic rings. The van der Waals surface area contributed by atoms with E-state index in [2.05, 4.69) is 4.74 Å². The molecule has 0 aromatic heterocycles. The molecule has 0 unspecified atom stereocenters. The van der Waals surface area contributed by atoms with Gasteiger partial charge in [-0.25, -0.2) is 4.79 Å². The van der Waals surface area contributed by atoms with Crippen molar-refractivity contribution in [2.75, 3.05) is 14.2 Å². The summed E-state index contributed by atoms with van der Waals surface area (Å²) < 4.78 is 9.80. The van der Waals surface area contributed by atoms with Gasteiger partial charge in [0.25, 0.3) is 0 Å². The molecule has 2 aromatic carbocycles. The summed E-state index contributed by atoms with van der Waals surface area (Å²) >= 11 is 0. The molecule has 0 spiro atoms. The summed E-state index contributed by atoms with van der Waals surface area (Å²) in [6.45, 7) is 0. The van der Waals surface area contributed by atoms with E-state index in [0.29, 0.717) is 11.3 Å². The number of rotatable bonds is 6. The number of hydrogen-bond acceptors (Lipinski definition) is 5. The van der Waals surface area contributed by atoms with E-state index < -0.39 is 23.6 Å². The van der Waals surface area contributed by atoms with Crippen LogP contribution < -0.4 is 4.74 Å². The highest BCUT2D eigenvalue weighted by Gasteiger charge is 2.61. The van der Waals surface area contributed by atoms with Crippen LogP contribution in [0.25, 0.3) is 0 Å². The Labute approximate surface area is 145 Å². The van der Waals surface area contributed by atoms with Gasteiger partial charge in [0.1, 0.15) is 5.75 Å². The summed E-state index contributed by atoms with van der Waals surface area (Å²) in [6.07, 6.45) is 0. The number of hydrogen-bond donors (Lipinski definition) is 0. The minimum Gasteiger partial charge on any atom is -0.496 e. The Balaban J connectivity index is 1.96. The Morgan fingerprint density at radius 3 is 2.12 bits per heavy atom. The van der Waals surface area contributed by atoms with E-state index in [1.807, 2.05) is 30.3 Å². The molecule has 3 atom stereocenters. The van der Waals surface area contributed by atoms with Gasteiger partial charge >= 0.3 is 5.97 Å². The lowest BCUT2D eigenvalue weighted by Crippen LogP contribution is -2.20. The molecule has 0 saturated heterocycles. The van der Waals surface area contributed by atoms with E-state index >= 15 is 0 Å². The lowest BCUT2D eigenvalue weighted by molar-refractivity contribution is -0.152. The zero-order chi connectivity index (χ0) is 18.0. The van der Waals surface area contributed by atoms with Crippen LogP contribution in [0.2, 0.25) is 0 Å². The van der Waals surface area contributed by atoms with Gasteiger partial charge in [-0.2, -0.15) is 0 Å². The van der Waals surface area contributed by atoms with Gasteiger partial charge in [-0.3, -0.25) is 9.59 Å². The third kappa shape index (κ3) is 3.05. The predicted octanol–water partition coefficient (Wildman–Crippen LogP) is 2.65. The smallest absolute Gasteiger partial charge is 0.374 e. The topological polar surface area (TPSA) is 69.7 Å².